The number of ketones is 1. The summed E-state index contributed by atoms with van der Waals surface area (Å²) in [4.78, 5) is 11.5. The number of Topliss-reactive ketones (excluding diaryl/α,β-unsaturated/α-hetero) is 1. The summed E-state index contributed by atoms with van der Waals surface area (Å²) in [6, 6.07) is 0. The molecular formula is C18H36O. The molecule has 0 aromatic rings. The van der Waals surface area contributed by atoms with Crippen LogP contribution in [0.1, 0.15) is 104 Å². The number of hydrogen-bond acceptors (Lipinski definition) is 1. The minimum atomic E-state index is 0.464. The molecule has 0 saturated heterocycles. The molecule has 0 amide bonds. The van der Waals surface area contributed by atoms with Crippen LogP contribution < -0.4 is 0 Å². The predicted molar refractivity (Wildman–Crippen MR) is 85.5 cm³/mol. The maximum atomic E-state index is 11.5. The Hall–Kier alpha value is -0.330. The van der Waals surface area contributed by atoms with Crippen molar-refractivity contribution in [2.75, 3.05) is 0 Å². The van der Waals surface area contributed by atoms with Crippen LogP contribution in [-0.4, -0.2) is 5.78 Å². The van der Waals surface area contributed by atoms with E-state index in [1.165, 1.54) is 64.2 Å². The number of hydrogen-bond donors (Lipinski definition) is 0. The first-order valence-corrected chi connectivity index (χ1v) is 8.68. The quantitative estimate of drug-likeness (QED) is 0.338. The van der Waals surface area contributed by atoms with Crippen molar-refractivity contribution in [3.63, 3.8) is 0 Å². The van der Waals surface area contributed by atoms with Crippen molar-refractivity contribution in [1.29, 1.82) is 0 Å². The van der Waals surface area contributed by atoms with Crippen molar-refractivity contribution in [3.8, 4) is 0 Å². The third-order valence-electron chi connectivity index (χ3n) is 3.70. The summed E-state index contributed by atoms with van der Waals surface area (Å²) in [6.45, 7) is 6.52. The van der Waals surface area contributed by atoms with Crippen molar-refractivity contribution < 1.29 is 4.79 Å². The Morgan fingerprint density at radius 3 is 1.58 bits per heavy atom. The smallest absolute Gasteiger partial charge is 0.133 e. The van der Waals surface area contributed by atoms with E-state index in [4.69, 9.17) is 0 Å². The van der Waals surface area contributed by atoms with Gasteiger partial charge >= 0.3 is 0 Å². The lowest BCUT2D eigenvalue weighted by Gasteiger charge is -2.04. The van der Waals surface area contributed by atoms with Gasteiger partial charge in [0.05, 0.1) is 0 Å². The van der Waals surface area contributed by atoms with Crippen LogP contribution in [0.3, 0.4) is 0 Å². The molecule has 1 heteroatoms. The zero-order valence-electron chi connectivity index (χ0n) is 13.7. The van der Waals surface area contributed by atoms with Gasteiger partial charge in [-0.2, -0.15) is 0 Å². The zero-order chi connectivity index (χ0) is 14.3. The van der Waals surface area contributed by atoms with Gasteiger partial charge in [-0.05, 0) is 12.3 Å². The molecule has 1 nitrogen and oxygen atoms in total. The van der Waals surface area contributed by atoms with E-state index in [-0.39, 0.29) is 0 Å². The maximum Gasteiger partial charge on any atom is 0.133 e. The van der Waals surface area contributed by atoms with Crippen molar-refractivity contribution in [3.05, 3.63) is 0 Å². The molecule has 0 atom stereocenters. The molecule has 0 aromatic heterocycles. The van der Waals surface area contributed by atoms with Gasteiger partial charge in [0.1, 0.15) is 5.78 Å². The predicted octanol–water partition coefficient (Wildman–Crippen LogP) is 6.30. The average molecular weight is 268 g/mol. The van der Waals surface area contributed by atoms with E-state index >= 15 is 0 Å². The Balaban J connectivity index is 3.08. The molecular weight excluding hydrogens is 232 g/mol. The van der Waals surface area contributed by atoms with E-state index in [9.17, 15) is 4.79 Å². The molecule has 0 radical (unpaired) electrons. The second-order valence-electron chi connectivity index (χ2n) is 6.42. The first-order chi connectivity index (χ1) is 9.16. The van der Waals surface area contributed by atoms with E-state index < -0.39 is 0 Å². The Labute approximate surface area is 121 Å². The highest BCUT2D eigenvalue weighted by atomic mass is 16.1. The summed E-state index contributed by atoms with van der Waals surface area (Å²) in [5, 5.41) is 0. The Morgan fingerprint density at radius 1 is 0.737 bits per heavy atom. The van der Waals surface area contributed by atoms with Crippen molar-refractivity contribution in [1.82, 2.24) is 0 Å². The van der Waals surface area contributed by atoms with Gasteiger partial charge in [0.15, 0.2) is 0 Å². The number of carbonyl (C=O) groups is 1. The molecule has 0 spiro atoms. The molecule has 0 heterocycles. The number of rotatable bonds is 14. The van der Waals surface area contributed by atoms with Crippen molar-refractivity contribution in [2.45, 2.75) is 104 Å². The van der Waals surface area contributed by atoms with Crippen molar-refractivity contribution >= 4 is 5.78 Å². The third-order valence-corrected chi connectivity index (χ3v) is 3.70. The highest BCUT2D eigenvalue weighted by molar-refractivity contribution is 5.78. The fourth-order valence-corrected chi connectivity index (χ4v) is 2.54. The Kier molecular flexibility index (Phi) is 13.8. The molecule has 0 aliphatic heterocycles. The largest absolute Gasteiger partial charge is 0.300 e. The van der Waals surface area contributed by atoms with E-state index in [2.05, 4.69) is 20.8 Å². The van der Waals surface area contributed by atoms with Gasteiger partial charge in [0.2, 0.25) is 0 Å². The van der Waals surface area contributed by atoms with Gasteiger partial charge in [-0.1, -0.05) is 85.0 Å². The van der Waals surface area contributed by atoms with Crippen LogP contribution in [0.5, 0.6) is 0 Å². The number of carbonyl (C=O) groups excluding carboxylic acids is 1. The van der Waals surface area contributed by atoms with Crippen LogP contribution in [0, 0.1) is 5.92 Å². The van der Waals surface area contributed by atoms with Gasteiger partial charge in [-0.15, -0.1) is 0 Å². The highest BCUT2D eigenvalue weighted by Crippen LogP contribution is 2.13. The molecule has 19 heavy (non-hydrogen) atoms. The summed E-state index contributed by atoms with van der Waals surface area (Å²) in [5.41, 5.74) is 0. The van der Waals surface area contributed by atoms with Gasteiger partial charge in [0, 0.05) is 12.8 Å². The molecule has 0 aliphatic rings. The van der Waals surface area contributed by atoms with E-state index in [0.29, 0.717) is 11.7 Å². The van der Waals surface area contributed by atoms with Crippen LogP contribution in [0.2, 0.25) is 0 Å². The summed E-state index contributed by atoms with van der Waals surface area (Å²) in [5.74, 6) is 0.992. The number of unbranched alkanes of at least 4 members (excludes halogenated alkanes) is 10. The normalized spacial score (nSPS) is 11.2. The van der Waals surface area contributed by atoms with Crippen LogP contribution in [0.25, 0.3) is 0 Å². The standard InChI is InChI=1S/C18H36O/c1-4-5-6-7-8-9-10-11-12-13-14-15-18(19)16-17(2)3/h17H,4-16H2,1-3H3. The highest BCUT2D eigenvalue weighted by Gasteiger charge is 2.04. The van der Waals surface area contributed by atoms with Crippen LogP contribution in [0.4, 0.5) is 0 Å². The lowest BCUT2D eigenvalue weighted by molar-refractivity contribution is -0.119. The Morgan fingerprint density at radius 2 is 1.16 bits per heavy atom. The van der Waals surface area contributed by atoms with Gasteiger partial charge < -0.3 is 0 Å². The zero-order valence-corrected chi connectivity index (χ0v) is 13.7. The van der Waals surface area contributed by atoms with E-state index in [1.807, 2.05) is 0 Å². The lowest BCUT2D eigenvalue weighted by Crippen LogP contribution is -2.02. The molecule has 114 valence electrons. The molecule has 0 aromatic carbocycles. The van der Waals surface area contributed by atoms with E-state index in [1.54, 1.807) is 0 Å². The third kappa shape index (κ3) is 15.6. The monoisotopic (exact) mass is 268 g/mol. The Bertz CT molecular complexity index is 196. The molecule has 0 N–H and O–H groups in total. The molecule has 0 aliphatic carbocycles. The molecule has 0 saturated carbocycles. The van der Waals surface area contributed by atoms with Crippen LogP contribution in [0.15, 0.2) is 0 Å². The topological polar surface area (TPSA) is 17.1 Å². The fourth-order valence-electron chi connectivity index (χ4n) is 2.54. The minimum Gasteiger partial charge on any atom is -0.300 e. The fraction of sp³-hybridized carbons (Fsp3) is 0.944. The van der Waals surface area contributed by atoms with Crippen LogP contribution in [-0.2, 0) is 4.79 Å². The maximum absolute atomic E-state index is 11.5. The summed E-state index contributed by atoms with van der Waals surface area (Å²) < 4.78 is 0. The van der Waals surface area contributed by atoms with Crippen molar-refractivity contribution in [2.24, 2.45) is 5.92 Å². The van der Waals surface area contributed by atoms with Crippen LogP contribution >= 0.6 is 0 Å². The molecule has 0 bridgehead atoms. The summed E-state index contributed by atoms with van der Waals surface area (Å²) >= 11 is 0. The molecule has 0 fully saturated rings. The summed E-state index contributed by atoms with van der Waals surface area (Å²) in [6.07, 6.45) is 16.5. The first-order valence-electron chi connectivity index (χ1n) is 8.68. The SMILES string of the molecule is CCCCCCCCCCCCCC(=O)CC(C)C. The van der Waals surface area contributed by atoms with Gasteiger partial charge in [-0.3, -0.25) is 4.79 Å². The average Bonchev–Trinajstić information content (AvgIpc) is 2.35. The van der Waals surface area contributed by atoms with Gasteiger partial charge in [-0.25, -0.2) is 0 Å². The first kappa shape index (κ1) is 18.7. The minimum absolute atomic E-state index is 0.464. The second-order valence-corrected chi connectivity index (χ2v) is 6.42. The van der Waals surface area contributed by atoms with Gasteiger partial charge in [0.25, 0.3) is 0 Å². The second kappa shape index (κ2) is 14.1. The molecule has 0 rings (SSSR count). The molecule has 0 unspecified atom stereocenters. The van der Waals surface area contributed by atoms with E-state index in [0.717, 1.165) is 19.3 Å². The summed E-state index contributed by atoms with van der Waals surface area (Å²) in [7, 11) is 0. The lowest BCUT2D eigenvalue weighted by atomic mass is 10.0.